The van der Waals surface area contributed by atoms with Gasteiger partial charge in [0.1, 0.15) is 11.3 Å². The fraction of sp³-hybridized carbons (Fsp3) is 0.500. The Morgan fingerprint density at radius 2 is 1.81 bits per heavy atom. The van der Waals surface area contributed by atoms with Crippen LogP contribution >= 0.6 is 0 Å². The molecule has 0 aliphatic carbocycles. The van der Waals surface area contributed by atoms with Crippen LogP contribution in [0.1, 0.15) is 69.8 Å². The van der Waals surface area contributed by atoms with E-state index in [-0.39, 0.29) is 11.6 Å². The van der Waals surface area contributed by atoms with Crippen molar-refractivity contribution in [2.24, 2.45) is 0 Å². The molecule has 0 bridgehead atoms. The summed E-state index contributed by atoms with van der Waals surface area (Å²) in [7, 11) is 0. The smallest absolute Gasteiger partial charge is 0.325 e. The number of H-pyrrole nitrogens is 1. The molecule has 37 heavy (non-hydrogen) atoms. The Hall–Kier alpha value is -3.62. The molecule has 9 nitrogen and oxygen atoms in total. The quantitative estimate of drug-likeness (QED) is 0.218. The lowest BCUT2D eigenvalue weighted by atomic mass is 10.1. The summed E-state index contributed by atoms with van der Waals surface area (Å²) in [6, 6.07) is 8.08. The number of benzene rings is 1. The molecule has 0 fully saturated rings. The first-order valence-electron chi connectivity index (χ1n) is 13.5. The molecule has 3 heterocycles. The summed E-state index contributed by atoms with van der Waals surface area (Å²) in [6.07, 6.45) is 9.81. The minimum atomic E-state index is -0.0651. The van der Waals surface area contributed by atoms with Crippen LogP contribution in [0.4, 0.5) is 5.82 Å². The average molecular weight is 506 g/mol. The number of para-hydroxylation sites is 1. The number of carbonyl (C=O) groups is 1. The molecule has 0 saturated heterocycles. The first-order valence-corrected chi connectivity index (χ1v) is 13.5. The molecule has 4 aromatic rings. The summed E-state index contributed by atoms with van der Waals surface area (Å²) in [5, 5.41) is 4.13. The Morgan fingerprint density at radius 3 is 2.59 bits per heavy atom. The van der Waals surface area contributed by atoms with Crippen LogP contribution in [-0.2, 0) is 24.3 Å². The van der Waals surface area contributed by atoms with Gasteiger partial charge in [0, 0.05) is 49.8 Å². The first-order chi connectivity index (χ1) is 18.0. The molecule has 0 saturated carbocycles. The molecule has 1 amide bonds. The summed E-state index contributed by atoms with van der Waals surface area (Å²) in [6.45, 7) is 6.29. The highest BCUT2D eigenvalue weighted by Crippen LogP contribution is 2.29. The number of pyridine rings is 1. The second kappa shape index (κ2) is 12.6. The maximum absolute atomic E-state index is 12.3. The van der Waals surface area contributed by atoms with E-state index >= 15 is 0 Å². The van der Waals surface area contributed by atoms with E-state index in [9.17, 15) is 9.59 Å². The van der Waals surface area contributed by atoms with Crippen LogP contribution in [0.3, 0.4) is 0 Å². The fourth-order valence-corrected chi connectivity index (χ4v) is 4.87. The van der Waals surface area contributed by atoms with E-state index in [4.69, 9.17) is 10.7 Å². The minimum Gasteiger partial charge on any atom is -0.382 e. The third-order valence-electron chi connectivity index (χ3n) is 6.93. The van der Waals surface area contributed by atoms with Gasteiger partial charge in [-0.05, 0) is 45.1 Å². The van der Waals surface area contributed by atoms with Crippen molar-refractivity contribution < 1.29 is 4.79 Å². The molecule has 1 aromatic carbocycles. The van der Waals surface area contributed by atoms with Gasteiger partial charge in [0.2, 0.25) is 5.91 Å². The van der Waals surface area contributed by atoms with Gasteiger partial charge in [-0.25, -0.2) is 14.8 Å². The van der Waals surface area contributed by atoms with E-state index in [2.05, 4.69) is 32.8 Å². The largest absolute Gasteiger partial charge is 0.382 e. The predicted octanol–water partition coefficient (Wildman–Crippen LogP) is 4.46. The number of fused-ring (bicyclic) bond motifs is 3. The maximum atomic E-state index is 12.3. The Balaban J connectivity index is 1.26. The third-order valence-corrected chi connectivity index (χ3v) is 6.93. The number of nitrogens with zero attached hydrogens (tertiary/aromatic N) is 4. The number of imidazole rings is 2. The van der Waals surface area contributed by atoms with Gasteiger partial charge in [0.15, 0.2) is 5.82 Å². The van der Waals surface area contributed by atoms with Gasteiger partial charge in [-0.15, -0.1) is 0 Å². The van der Waals surface area contributed by atoms with Gasteiger partial charge in [0.25, 0.3) is 0 Å². The topological polar surface area (TPSA) is 124 Å². The summed E-state index contributed by atoms with van der Waals surface area (Å²) in [5.41, 5.74) is 9.90. The molecule has 4 rings (SSSR count). The van der Waals surface area contributed by atoms with Crippen molar-refractivity contribution in [3.05, 3.63) is 52.5 Å². The SMILES string of the molecule is CCCCc1nc2c(N)nc3ccccc3c2n1CCCCNC(=O)CCCCCn1c(C)c[nH]c1=O. The van der Waals surface area contributed by atoms with Crippen molar-refractivity contribution in [2.75, 3.05) is 12.3 Å². The minimum absolute atomic E-state index is 0.0651. The van der Waals surface area contributed by atoms with E-state index in [1.807, 2.05) is 25.1 Å². The number of aromatic nitrogens is 5. The Labute approximate surface area is 217 Å². The highest BCUT2D eigenvalue weighted by Gasteiger charge is 2.16. The molecule has 0 aliphatic heterocycles. The second-order valence-corrected chi connectivity index (χ2v) is 9.75. The van der Waals surface area contributed by atoms with E-state index in [0.29, 0.717) is 25.3 Å². The predicted molar refractivity (Wildman–Crippen MR) is 149 cm³/mol. The molecular formula is C28H39N7O2. The number of aromatic amines is 1. The summed E-state index contributed by atoms with van der Waals surface area (Å²) in [4.78, 5) is 36.1. The second-order valence-electron chi connectivity index (χ2n) is 9.75. The van der Waals surface area contributed by atoms with E-state index < -0.39 is 0 Å². The van der Waals surface area contributed by atoms with Crippen molar-refractivity contribution in [2.45, 2.75) is 84.7 Å². The van der Waals surface area contributed by atoms with Gasteiger partial charge in [-0.2, -0.15) is 0 Å². The first kappa shape index (κ1) is 26.4. The van der Waals surface area contributed by atoms with Crippen molar-refractivity contribution in [1.29, 1.82) is 0 Å². The number of hydrogen-bond donors (Lipinski definition) is 3. The number of amides is 1. The van der Waals surface area contributed by atoms with Crippen LogP contribution in [0.2, 0.25) is 0 Å². The Morgan fingerprint density at radius 1 is 1.03 bits per heavy atom. The maximum Gasteiger partial charge on any atom is 0.325 e. The fourth-order valence-electron chi connectivity index (χ4n) is 4.87. The highest BCUT2D eigenvalue weighted by molar-refractivity contribution is 6.06. The van der Waals surface area contributed by atoms with Crippen LogP contribution in [0, 0.1) is 6.92 Å². The van der Waals surface area contributed by atoms with Gasteiger partial charge in [0.05, 0.1) is 11.0 Å². The highest BCUT2D eigenvalue weighted by atomic mass is 16.2. The number of nitrogen functional groups attached to an aromatic ring is 1. The zero-order valence-corrected chi connectivity index (χ0v) is 22.1. The number of hydrogen-bond acceptors (Lipinski definition) is 5. The molecule has 0 aliphatic rings. The lowest BCUT2D eigenvalue weighted by molar-refractivity contribution is -0.121. The molecule has 0 unspecified atom stereocenters. The number of rotatable bonds is 14. The molecule has 9 heteroatoms. The van der Waals surface area contributed by atoms with Crippen LogP contribution in [0.5, 0.6) is 0 Å². The zero-order valence-electron chi connectivity index (χ0n) is 22.1. The molecule has 0 spiro atoms. The molecule has 0 atom stereocenters. The Kier molecular flexibility index (Phi) is 8.98. The summed E-state index contributed by atoms with van der Waals surface area (Å²) in [5.74, 6) is 1.63. The van der Waals surface area contributed by atoms with Gasteiger partial charge < -0.3 is 20.6 Å². The monoisotopic (exact) mass is 505 g/mol. The van der Waals surface area contributed by atoms with Crippen molar-refractivity contribution >= 4 is 33.7 Å². The Bertz CT molecular complexity index is 1400. The van der Waals surface area contributed by atoms with Crippen molar-refractivity contribution in [3.8, 4) is 0 Å². The number of nitrogens with one attached hydrogen (secondary N) is 2. The van der Waals surface area contributed by atoms with E-state index in [1.54, 1.807) is 10.8 Å². The molecular weight excluding hydrogens is 466 g/mol. The van der Waals surface area contributed by atoms with Crippen LogP contribution in [0.15, 0.2) is 35.3 Å². The number of unbranched alkanes of at least 4 members (excludes halogenated alkanes) is 4. The van der Waals surface area contributed by atoms with Gasteiger partial charge in [-0.1, -0.05) is 38.0 Å². The normalized spacial score (nSPS) is 11.5. The summed E-state index contributed by atoms with van der Waals surface area (Å²) >= 11 is 0. The van der Waals surface area contributed by atoms with Crippen LogP contribution in [-0.4, -0.2) is 36.5 Å². The zero-order chi connectivity index (χ0) is 26.2. The number of aryl methyl sites for hydroxylation is 3. The van der Waals surface area contributed by atoms with Crippen molar-refractivity contribution in [1.82, 2.24) is 29.4 Å². The molecule has 3 aromatic heterocycles. The van der Waals surface area contributed by atoms with Crippen LogP contribution < -0.4 is 16.7 Å². The molecule has 198 valence electrons. The number of carbonyl (C=O) groups excluding carboxylic acids is 1. The summed E-state index contributed by atoms with van der Waals surface area (Å²) < 4.78 is 4.05. The molecule has 4 N–H and O–H groups in total. The third kappa shape index (κ3) is 6.39. The van der Waals surface area contributed by atoms with Gasteiger partial charge in [-0.3, -0.25) is 9.36 Å². The lowest BCUT2D eigenvalue weighted by Gasteiger charge is -2.11. The number of anilines is 1. The average Bonchev–Trinajstić information content (AvgIpc) is 3.42. The lowest BCUT2D eigenvalue weighted by Crippen LogP contribution is -2.24. The number of nitrogens with two attached hydrogens (primary N) is 1. The van der Waals surface area contributed by atoms with E-state index in [0.717, 1.165) is 91.4 Å². The molecule has 0 radical (unpaired) electrons. The van der Waals surface area contributed by atoms with Gasteiger partial charge >= 0.3 is 5.69 Å². The van der Waals surface area contributed by atoms with Crippen LogP contribution in [0.25, 0.3) is 21.9 Å². The van der Waals surface area contributed by atoms with Crippen molar-refractivity contribution in [3.63, 3.8) is 0 Å². The van der Waals surface area contributed by atoms with E-state index in [1.165, 1.54) is 0 Å². The standard InChI is InChI=1S/C28H39N7O2/c1-3-4-14-23-33-25-26(21-12-7-8-13-22(21)32-27(25)29)35(23)18-11-9-16-30-24(36)15-6-5-10-17-34-20(2)19-31-28(34)37/h7-8,12-13,19H,3-6,9-11,14-18H2,1-2H3,(H2,29,32)(H,30,36)(H,31,37).